The lowest BCUT2D eigenvalue weighted by molar-refractivity contribution is 0.112. The van der Waals surface area contributed by atoms with Crippen LogP contribution in [0.3, 0.4) is 0 Å². The number of nitrogens with zero attached hydrogens (tertiary/aromatic N) is 2. The molecule has 0 radical (unpaired) electrons. The van der Waals surface area contributed by atoms with Gasteiger partial charge in [0.2, 0.25) is 0 Å². The Labute approximate surface area is 66.0 Å². The highest BCUT2D eigenvalue weighted by Crippen LogP contribution is 2.03. The summed E-state index contributed by atoms with van der Waals surface area (Å²) in [6, 6.07) is 0. The Kier molecular flexibility index (Phi) is 2.41. The summed E-state index contributed by atoms with van der Waals surface area (Å²) < 4.78 is 1.85. The maximum atomic E-state index is 10.4. The van der Waals surface area contributed by atoms with E-state index in [1.165, 1.54) is 0 Å². The van der Waals surface area contributed by atoms with E-state index in [-0.39, 0.29) is 0 Å². The van der Waals surface area contributed by atoms with Crippen molar-refractivity contribution in [3.63, 3.8) is 0 Å². The summed E-state index contributed by atoms with van der Waals surface area (Å²) in [5.74, 6) is 0. The second-order valence-electron chi connectivity index (χ2n) is 2.53. The van der Waals surface area contributed by atoms with Crippen LogP contribution in [0.4, 0.5) is 0 Å². The molecule has 3 nitrogen and oxygen atoms in total. The van der Waals surface area contributed by atoms with E-state index >= 15 is 0 Å². The Morgan fingerprint density at radius 2 is 2.45 bits per heavy atom. The summed E-state index contributed by atoms with van der Waals surface area (Å²) in [5.41, 5.74) is 1.65. The average molecular weight is 152 g/mol. The van der Waals surface area contributed by atoms with E-state index < -0.39 is 0 Å². The van der Waals surface area contributed by atoms with Crippen LogP contribution in [0, 0.1) is 6.92 Å². The zero-order chi connectivity index (χ0) is 8.27. The van der Waals surface area contributed by atoms with E-state index in [2.05, 4.69) is 12.0 Å². The minimum absolute atomic E-state index is 0.693. The van der Waals surface area contributed by atoms with Crippen LogP contribution in [0.2, 0.25) is 0 Å². The topological polar surface area (TPSA) is 34.9 Å². The summed E-state index contributed by atoms with van der Waals surface area (Å²) in [6.45, 7) is 4.88. The smallest absolute Gasteiger partial charge is 0.153 e. The van der Waals surface area contributed by atoms with Crippen molar-refractivity contribution in [2.24, 2.45) is 0 Å². The standard InChI is InChI=1S/C8H12N2O/c1-3-4-10-7(2)8(6-11)5-9-10/h5-6H,3-4H2,1-2H3. The molecule has 60 valence electrons. The maximum Gasteiger partial charge on any atom is 0.153 e. The highest BCUT2D eigenvalue weighted by atomic mass is 16.1. The first-order valence-electron chi connectivity index (χ1n) is 3.77. The molecule has 0 aliphatic rings. The molecule has 0 aliphatic carbocycles. The molecule has 0 saturated heterocycles. The van der Waals surface area contributed by atoms with Crippen molar-refractivity contribution in [1.29, 1.82) is 0 Å². The first kappa shape index (κ1) is 7.98. The van der Waals surface area contributed by atoms with Crippen molar-refractivity contribution in [2.75, 3.05) is 0 Å². The number of carbonyl (C=O) groups excluding carboxylic acids is 1. The molecule has 0 atom stereocenters. The SMILES string of the molecule is CCCn1ncc(C=O)c1C. The van der Waals surface area contributed by atoms with Gasteiger partial charge in [0.25, 0.3) is 0 Å². The van der Waals surface area contributed by atoms with Gasteiger partial charge in [-0.1, -0.05) is 6.92 Å². The Bertz CT molecular complexity index is 253. The van der Waals surface area contributed by atoms with Crippen LogP contribution in [-0.4, -0.2) is 16.1 Å². The first-order chi connectivity index (χ1) is 5.29. The van der Waals surface area contributed by atoms with Crippen LogP contribution >= 0.6 is 0 Å². The lowest BCUT2D eigenvalue weighted by atomic mass is 10.3. The summed E-state index contributed by atoms with van der Waals surface area (Å²) in [5, 5.41) is 4.06. The van der Waals surface area contributed by atoms with Crippen LogP contribution in [-0.2, 0) is 6.54 Å². The molecule has 0 spiro atoms. The van der Waals surface area contributed by atoms with Gasteiger partial charge in [0.05, 0.1) is 11.8 Å². The molecule has 1 aromatic heterocycles. The van der Waals surface area contributed by atoms with Gasteiger partial charge in [0.1, 0.15) is 0 Å². The third-order valence-electron chi connectivity index (χ3n) is 1.70. The molecule has 0 unspecified atom stereocenters. The zero-order valence-electron chi connectivity index (χ0n) is 6.87. The van der Waals surface area contributed by atoms with Crippen molar-refractivity contribution in [2.45, 2.75) is 26.8 Å². The number of aryl methyl sites for hydroxylation is 1. The number of hydrogen-bond acceptors (Lipinski definition) is 2. The second kappa shape index (κ2) is 3.32. The van der Waals surface area contributed by atoms with Gasteiger partial charge in [-0.05, 0) is 13.3 Å². The molecule has 1 rings (SSSR count). The molecule has 1 heterocycles. The number of aldehydes is 1. The van der Waals surface area contributed by atoms with E-state index in [0.29, 0.717) is 5.56 Å². The third-order valence-corrected chi connectivity index (χ3v) is 1.70. The van der Waals surface area contributed by atoms with Gasteiger partial charge < -0.3 is 0 Å². The summed E-state index contributed by atoms with van der Waals surface area (Å²) >= 11 is 0. The van der Waals surface area contributed by atoms with Gasteiger partial charge in [-0.25, -0.2) is 0 Å². The van der Waals surface area contributed by atoms with Crippen molar-refractivity contribution in [1.82, 2.24) is 9.78 Å². The van der Waals surface area contributed by atoms with Crippen LogP contribution in [0.25, 0.3) is 0 Å². The minimum Gasteiger partial charge on any atom is -0.298 e. The van der Waals surface area contributed by atoms with E-state index in [1.807, 2.05) is 11.6 Å². The predicted octanol–water partition coefficient (Wildman–Crippen LogP) is 1.41. The summed E-state index contributed by atoms with van der Waals surface area (Å²) in [4.78, 5) is 10.4. The lowest BCUT2D eigenvalue weighted by Gasteiger charge is -1.99. The minimum atomic E-state index is 0.693. The molecule has 0 bridgehead atoms. The maximum absolute atomic E-state index is 10.4. The molecule has 1 aromatic rings. The molecule has 3 heteroatoms. The molecule has 0 aromatic carbocycles. The molecular weight excluding hydrogens is 140 g/mol. The van der Waals surface area contributed by atoms with Gasteiger partial charge in [-0.3, -0.25) is 9.48 Å². The Morgan fingerprint density at radius 3 is 2.91 bits per heavy atom. The normalized spacial score (nSPS) is 10.0. The zero-order valence-corrected chi connectivity index (χ0v) is 6.87. The van der Waals surface area contributed by atoms with Gasteiger partial charge in [0.15, 0.2) is 6.29 Å². The van der Waals surface area contributed by atoms with Crippen LogP contribution in [0.5, 0.6) is 0 Å². The van der Waals surface area contributed by atoms with Crippen LogP contribution in [0.15, 0.2) is 6.20 Å². The Morgan fingerprint density at radius 1 is 1.73 bits per heavy atom. The van der Waals surface area contributed by atoms with Gasteiger partial charge in [-0.15, -0.1) is 0 Å². The number of hydrogen-bond donors (Lipinski definition) is 0. The fourth-order valence-electron chi connectivity index (χ4n) is 1.01. The largest absolute Gasteiger partial charge is 0.298 e. The molecular formula is C8H12N2O. The fourth-order valence-corrected chi connectivity index (χ4v) is 1.01. The number of carbonyl (C=O) groups is 1. The van der Waals surface area contributed by atoms with E-state index in [0.717, 1.165) is 24.9 Å². The molecule has 11 heavy (non-hydrogen) atoms. The van der Waals surface area contributed by atoms with Crippen LogP contribution < -0.4 is 0 Å². The van der Waals surface area contributed by atoms with Gasteiger partial charge >= 0.3 is 0 Å². The quantitative estimate of drug-likeness (QED) is 0.614. The van der Waals surface area contributed by atoms with Crippen molar-refractivity contribution < 1.29 is 4.79 Å². The monoisotopic (exact) mass is 152 g/mol. The van der Waals surface area contributed by atoms with Crippen molar-refractivity contribution in [3.05, 3.63) is 17.5 Å². The molecule has 0 amide bonds. The average Bonchev–Trinajstić information content (AvgIpc) is 2.34. The lowest BCUT2D eigenvalue weighted by Crippen LogP contribution is -2.01. The number of aromatic nitrogens is 2. The predicted molar refractivity (Wildman–Crippen MR) is 42.6 cm³/mol. The van der Waals surface area contributed by atoms with E-state index in [9.17, 15) is 4.79 Å². The first-order valence-corrected chi connectivity index (χ1v) is 3.77. The van der Waals surface area contributed by atoms with Crippen molar-refractivity contribution >= 4 is 6.29 Å². The summed E-state index contributed by atoms with van der Waals surface area (Å²) in [6.07, 6.45) is 3.49. The van der Waals surface area contributed by atoms with E-state index in [1.54, 1.807) is 6.20 Å². The van der Waals surface area contributed by atoms with Crippen molar-refractivity contribution in [3.8, 4) is 0 Å². The van der Waals surface area contributed by atoms with Gasteiger partial charge in [-0.2, -0.15) is 5.10 Å². The highest BCUT2D eigenvalue weighted by molar-refractivity contribution is 5.75. The molecule has 0 saturated carbocycles. The Balaban J connectivity index is 2.90. The highest BCUT2D eigenvalue weighted by Gasteiger charge is 2.02. The van der Waals surface area contributed by atoms with E-state index in [4.69, 9.17) is 0 Å². The molecule has 0 fully saturated rings. The Hall–Kier alpha value is -1.12. The van der Waals surface area contributed by atoms with Gasteiger partial charge in [0, 0.05) is 12.2 Å². The molecule has 0 aliphatic heterocycles. The fraction of sp³-hybridized carbons (Fsp3) is 0.500. The third kappa shape index (κ3) is 1.48. The number of rotatable bonds is 3. The summed E-state index contributed by atoms with van der Waals surface area (Å²) in [7, 11) is 0. The second-order valence-corrected chi connectivity index (χ2v) is 2.53. The molecule has 0 N–H and O–H groups in total. The van der Waals surface area contributed by atoms with Crippen LogP contribution in [0.1, 0.15) is 29.4 Å².